The third-order valence-electron chi connectivity index (χ3n) is 3.69. The van der Waals surface area contributed by atoms with Crippen molar-refractivity contribution in [1.29, 1.82) is 0 Å². The van der Waals surface area contributed by atoms with E-state index in [4.69, 9.17) is 9.47 Å². The summed E-state index contributed by atoms with van der Waals surface area (Å²) in [6, 6.07) is 10.1. The number of rotatable bonds is 8. The van der Waals surface area contributed by atoms with Gasteiger partial charge in [0.05, 0.1) is 19.3 Å². The monoisotopic (exact) mass is 330 g/mol. The molecule has 0 aliphatic carbocycles. The predicted molar refractivity (Wildman–Crippen MR) is 91.2 cm³/mol. The molecule has 2 N–H and O–H groups in total. The molecule has 24 heavy (non-hydrogen) atoms. The quantitative estimate of drug-likeness (QED) is 0.438. The Bertz CT molecular complexity index is 692. The van der Waals surface area contributed by atoms with Crippen LogP contribution in [0.5, 0.6) is 23.0 Å². The zero-order valence-corrected chi connectivity index (χ0v) is 13.9. The standard InChI is InChI=1S/C19H22O5/c1-3-4-11-24-17-10-9-15(18(21)19(17)22)16(20)12-13-5-7-14(23-2)8-6-13/h5-10,21-22H,3-4,11-12H2,1-2H3. The van der Waals surface area contributed by atoms with Gasteiger partial charge in [-0.3, -0.25) is 4.79 Å². The number of unbranched alkanes of at least 4 members (excludes halogenated alkanes) is 1. The van der Waals surface area contributed by atoms with Gasteiger partial charge in [0.15, 0.2) is 17.3 Å². The molecule has 0 aliphatic rings. The van der Waals surface area contributed by atoms with Crippen molar-refractivity contribution in [2.45, 2.75) is 26.2 Å². The normalized spacial score (nSPS) is 10.4. The molecule has 0 heterocycles. The Hall–Kier alpha value is -2.69. The minimum absolute atomic E-state index is 0.0751. The van der Waals surface area contributed by atoms with E-state index < -0.39 is 11.5 Å². The van der Waals surface area contributed by atoms with Crippen LogP contribution in [-0.2, 0) is 6.42 Å². The van der Waals surface area contributed by atoms with Crippen molar-refractivity contribution in [1.82, 2.24) is 0 Å². The molecule has 5 nitrogen and oxygen atoms in total. The SMILES string of the molecule is CCCCOc1ccc(C(=O)Cc2ccc(OC)cc2)c(O)c1O. The van der Waals surface area contributed by atoms with Crippen LogP contribution in [0.2, 0.25) is 0 Å². The van der Waals surface area contributed by atoms with Crippen molar-refractivity contribution in [3.63, 3.8) is 0 Å². The lowest BCUT2D eigenvalue weighted by Gasteiger charge is -2.11. The van der Waals surface area contributed by atoms with Crippen molar-refractivity contribution < 1.29 is 24.5 Å². The van der Waals surface area contributed by atoms with Gasteiger partial charge < -0.3 is 19.7 Å². The maximum Gasteiger partial charge on any atom is 0.201 e. The molecule has 0 bridgehead atoms. The molecule has 0 aliphatic heterocycles. The second kappa shape index (κ2) is 8.24. The second-order valence-corrected chi connectivity index (χ2v) is 5.46. The number of benzene rings is 2. The molecule has 2 rings (SSSR count). The highest BCUT2D eigenvalue weighted by atomic mass is 16.5. The lowest BCUT2D eigenvalue weighted by atomic mass is 10.0. The summed E-state index contributed by atoms with van der Waals surface area (Å²) in [5, 5.41) is 20.1. The van der Waals surface area contributed by atoms with E-state index in [1.165, 1.54) is 12.1 Å². The van der Waals surface area contributed by atoms with E-state index in [0.29, 0.717) is 12.4 Å². The summed E-state index contributed by atoms with van der Waals surface area (Å²) < 4.78 is 10.5. The number of carbonyl (C=O) groups is 1. The van der Waals surface area contributed by atoms with E-state index in [2.05, 4.69) is 0 Å². The number of aromatic hydroxyl groups is 2. The number of ether oxygens (including phenoxy) is 2. The van der Waals surface area contributed by atoms with Crippen LogP contribution < -0.4 is 9.47 Å². The number of phenols is 2. The van der Waals surface area contributed by atoms with Gasteiger partial charge in [-0.1, -0.05) is 25.5 Å². The summed E-state index contributed by atoms with van der Waals surface area (Å²) >= 11 is 0. The molecule has 128 valence electrons. The van der Waals surface area contributed by atoms with Gasteiger partial charge in [0.25, 0.3) is 0 Å². The molecule has 0 saturated carbocycles. The Labute approximate surface area is 141 Å². The Kier molecular flexibility index (Phi) is 6.07. The molecule has 0 atom stereocenters. The fourth-order valence-electron chi connectivity index (χ4n) is 2.25. The van der Waals surface area contributed by atoms with Crippen LogP contribution in [0.15, 0.2) is 36.4 Å². The van der Waals surface area contributed by atoms with Gasteiger partial charge >= 0.3 is 0 Å². The summed E-state index contributed by atoms with van der Waals surface area (Å²) in [6.07, 6.45) is 1.93. The van der Waals surface area contributed by atoms with Gasteiger partial charge in [-0.15, -0.1) is 0 Å². The maximum absolute atomic E-state index is 12.4. The number of Topliss-reactive ketones (excluding diaryl/α,β-unsaturated/α-hetero) is 1. The van der Waals surface area contributed by atoms with Crippen LogP contribution in [-0.4, -0.2) is 29.7 Å². The molecular weight excluding hydrogens is 308 g/mol. The first kappa shape index (κ1) is 17.7. The van der Waals surface area contributed by atoms with Crippen molar-refractivity contribution in [2.24, 2.45) is 0 Å². The maximum atomic E-state index is 12.4. The summed E-state index contributed by atoms with van der Waals surface area (Å²) in [5.74, 6) is -0.232. The smallest absolute Gasteiger partial charge is 0.201 e. The number of ketones is 1. The second-order valence-electron chi connectivity index (χ2n) is 5.46. The van der Waals surface area contributed by atoms with E-state index in [-0.39, 0.29) is 23.5 Å². The topological polar surface area (TPSA) is 76.0 Å². The number of hydrogen-bond acceptors (Lipinski definition) is 5. The predicted octanol–water partition coefficient (Wildman–Crippen LogP) is 3.71. The summed E-state index contributed by atoms with van der Waals surface area (Å²) in [6.45, 7) is 2.48. The first-order chi connectivity index (χ1) is 11.6. The highest BCUT2D eigenvalue weighted by Gasteiger charge is 2.18. The first-order valence-electron chi connectivity index (χ1n) is 7.90. The Morgan fingerprint density at radius 2 is 1.75 bits per heavy atom. The fraction of sp³-hybridized carbons (Fsp3) is 0.316. The molecule has 0 aromatic heterocycles. The van der Waals surface area contributed by atoms with Crippen molar-refractivity contribution in [3.05, 3.63) is 47.5 Å². The van der Waals surface area contributed by atoms with Crippen molar-refractivity contribution in [2.75, 3.05) is 13.7 Å². The number of methoxy groups -OCH3 is 1. The van der Waals surface area contributed by atoms with Gasteiger partial charge in [0.2, 0.25) is 5.75 Å². The zero-order chi connectivity index (χ0) is 17.5. The Morgan fingerprint density at radius 3 is 2.38 bits per heavy atom. The lowest BCUT2D eigenvalue weighted by Crippen LogP contribution is -2.05. The molecule has 0 radical (unpaired) electrons. The van der Waals surface area contributed by atoms with Crippen LogP contribution in [0.4, 0.5) is 0 Å². The van der Waals surface area contributed by atoms with Crippen LogP contribution in [0.3, 0.4) is 0 Å². The van der Waals surface area contributed by atoms with E-state index in [1.54, 1.807) is 31.4 Å². The number of phenolic OH excluding ortho intramolecular Hbond substituents is 2. The van der Waals surface area contributed by atoms with Crippen molar-refractivity contribution in [3.8, 4) is 23.0 Å². The molecule has 5 heteroatoms. The van der Waals surface area contributed by atoms with E-state index >= 15 is 0 Å². The third-order valence-corrected chi connectivity index (χ3v) is 3.69. The van der Waals surface area contributed by atoms with Gasteiger partial charge in [-0.05, 0) is 36.2 Å². The minimum Gasteiger partial charge on any atom is -0.504 e. The van der Waals surface area contributed by atoms with E-state index in [1.807, 2.05) is 6.92 Å². The van der Waals surface area contributed by atoms with Crippen LogP contribution >= 0.6 is 0 Å². The highest BCUT2D eigenvalue weighted by molar-refractivity contribution is 6.00. The van der Waals surface area contributed by atoms with Crippen LogP contribution in [0.1, 0.15) is 35.7 Å². The molecule has 0 amide bonds. The number of carbonyl (C=O) groups excluding carboxylic acids is 1. The highest BCUT2D eigenvalue weighted by Crippen LogP contribution is 2.38. The Morgan fingerprint density at radius 1 is 1.04 bits per heavy atom. The van der Waals surface area contributed by atoms with Crippen LogP contribution in [0.25, 0.3) is 0 Å². The number of hydrogen-bond donors (Lipinski definition) is 2. The molecule has 2 aromatic rings. The van der Waals surface area contributed by atoms with E-state index in [9.17, 15) is 15.0 Å². The average Bonchev–Trinajstić information content (AvgIpc) is 2.59. The summed E-state index contributed by atoms with van der Waals surface area (Å²) in [5.41, 5.74) is 0.870. The van der Waals surface area contributed by atoms with Gasteiger partial charge in [-0.25, -0.2) is 0 Å². The molecule has 0 saturated heterocycles. The Balaban J connectivity index is 2.12. The van der Waals surface area contributed by atoms with E-state index in [0.717, 1.165) is 18.4 Å². The van der Waals surface area contributed by atoms with Gasteiger partial charge in [-0.2, -0.15) is 0 Å². The molecule has 0 unspecified atom stereocenters. The summed E-state index contributed by atoms with van der Waals surface area (Å²) in [7, 11) is 1.57. The minimum atomic E-state index is -0.442. The first-order valence-corrected chi connectivity index (χ1v) is 7.90. The largest absolute Gasteiger partial charge is 0.504 e. The average molecular weight is 330 g/mol. The molecule has 2 aromatic carbocycles. The van der Waals surface area contributed by atoms with Crippen molar-refractivity contribution >= 4 is 5.78 Å². The van der Waals surface area contributed by atoms with Gasteiger partial charge in [0.1, 0.15) is 5.75 Å². The lowest BCUT2D eigenvalue weighted by molar-refractivity contribution is 0.0989. The van der Waals surface area contributed by atoms with Gasteiger partial charge in [0, 0.05) is 6.42 Å². The summed E-state index contributed by atoms with van der Waals surface area (Å²) in [4.78, 5) is 12.4. The molecular formula is C19H22O5. The zero-order valence-electron chi connectivity index (χ0n) is 13.9. The molecule has 0 fully saturated rings. The fourth-order valence-corrected chi connectivity index (χ4v) is 2.25. The van der Waals surface area contributed by atoms with Crippen LogP contribution in [0, 0.1) is 0 Å². The third kappa shape index (κ3) is 4.19. The molecule has 0 spiro atoms.